The monoisotopic (exact) mass is 456 g/mol. The predicted octanol–water partition coefficient (Wildman–Crippen LogP) is 2.50. The van der Waals surface area contributed by atoms with Gasteiger partial charge in [0.1, 0.15) is 11.6 Å². The van der Waals surface area contributed by atoms with Crippen molar-refractivity contribution in [1.82, 2.24) is 9.21 Å². The van der Waals surface area contributed by atoms with Crippen molar-refractivity contribution in [3.05, 3.63) is 58.8 Å². The molecule has 0 aliphatic carbocycles. The number of piperazine rings is 1. The molecule has 2 aromatic carbocycles. The summed E-state index contributed by atoms with van der Waals surface area (Å²) in [7, 11) is -3.77. The number of amides is 1. The van der Waals surface area contributed by atoms with Crippen molar-refractivity contribution in [3.8, 4) is 5.75 Å². The molecule has 1 amide bonds. The Kier molecular flexibility index (Phi) is 6.13. The van der Waals surface area contributed by atoms with E-state index in [4.69, 9.17) is 4.74 Å². The van der Waals surface area contributed by atoms with Gasteiger partial charge in [0.25, 0.3) is 5.91 Å². The molecule has 0 unspecified atom stereocenters. The van der Waals surface area contributed by atoms with Gasteiger partial charge in [-0.3, -0.25) is 4.79 Å². The summed E-state index contributed by atoms with van der Waals surface area (Å²) in [4.78, 5) is 13.8. The maximum atomic E-state index is 13.3. The zero-order chi connectivity index (χ0) is 19.4. The van der Waals surface area contributed by atoms with E-state index in [9.17, 15) is 17.6 Å². The summed E-state index contributed by atoms with van der Waals surface area (Å²) in [5, 5.41) is 0. The van der Waals surface area contributed by atoms with E-state index >= 15 is 0 Å². The molecule has 1 fully saturated rings. The number of carbonyl (C=O) groups excluding carboxylic acids is 1. The minimum absolute atomic E-state index is 0.0825. The number of carbonyl (C=O) groups is 1. The van der Waals surface area contributed by atoms with Crippen LogP contribution in [0.25, 0.3) is 0 Å². The largest absolute Gasteiger partial charge is 0.484 e. The summed E-state index contributed by atoms with van der Waals surface area (Å²) in [6, 6.07) is 12.1. The normalized spacial score (nSPS) is 15.6. The fourth-order valence-corrected chi connectivity index (χ4v) is 4.44. The lowest BCUT2D eigenvalue weighted by molar-refractivity contribution is -0.134. The van der Waals surface area contributed by atoms with Crippen LogP contribution in [0.5, 0.6) is 5.75 Å². The first kappa shape index (κ1) is 19.8. The van der Waals surface area contributed by atoms with Crippen LogP contribution >= 0.6 is 15.9 Å². The number of hydrogen-bond donors (Lipinski definition) is 0. The Labute approximate surface area is 165 Å². The van der Waals surface area contributed by atoms with Crippen molar-refractivity contribution in [2.24, 2.45) is 0 Å². The smallest absolute Gasteiger partial charge is 0.260 e. The van der Waals surface area contributed by atoms with Crippen molar-refractivity contribution in [2.45, 2.75) is 4.90 Å². The van der Waals surface area contributed by atoms with Gasteiger partial charge < -0.3 is 9.64 Å². The summed E-state index contributed by atoms with van der Waals surface area (Å²) in [6.07, 6.45) is 0. The molecule has 0 bridgehead atoms. The zero-order valence-corrected chi connectivity index (χ0v) is 16.7. The van der Waals surface area contributed by atoms with Gasteiger partial charge in [0.15, 0.2) is 6.61 Å². The summed E-state index contributed by atoms with van der Waals surface area (Å²) >= 11 is 3.33. The molecule has 0 saturated carbocycles. The highest BCUT2D eigenvalue weighted by atomic mass is 79.9. The molecule has 2 aromatic rings. The summed E-state index contributed by atoms with van der Waals surface area (Å²) in [5.41, 5.74) is 0. The Morgan fingerprint density at radius 2 is 1.74 bits per heavy atom. The second-order valence-electron chi connectivity index (χ2n) is 5.98. The molecule has 6 nitrogen and oxygen atoms in total. The molecule has 144 valence electrons. The van der Waals surface area contributed by atoms with Gasteiger partial charge >= 0.3 is 0 Å². The van der Waals surface area contributed by atoms with Gasteiger partial charge in [-0.1, -0.05) is 22.0 Å². The van der Waals surface area contributed by atoms with Gasteiger partial charge in [-0.2, -0.15) is 4.31 Å². The maximum absolute atomic E-state index is 13.3. The number of benzene rings is 2. The van der Waals surface area contributed by atoms with Crippen LogP contribution in [0.3, 0.4) is 0 Å². The molecule has 1 aliphatic heterocycles. The van der Waals surface area contributed by atoms with Crippen molar-refractivity contribution >= 4 is 31.9 Å². The molecule has 9 heteroatoms. The van der Waals surface area contributed by atoms with Gasteiger partial charge in [-0.15, -0.1) is 0 Å². The zero-order valence-electron chi connectivity index (χ0n) is 14.3. The first-order valence-electron chi connectivity index (χ1n) is 8.28. The average Bonchev–Trinajstić information content (AvgIpc) is 2.67. The maximum Gasteiger partial charge on any atom is 0.260 e. The minimum atomic E-state index is -3.77. The van der Waals surface area contributed by atoms with Gasteiger partial charge in [0, 0.05) is 30.7 Å². The first-order valence-corrected chi connectivity index (χ1v) is 10.5. The van der Waals surface area contributed by atoms with Crippen LogP contribution < -0.4 is 4.74 Å². The summed E-state index contributed by atoms with van der Waals surface area (Å²) in [5.74, 6) is -0.227. The number of sulfonamides is 1. The summed E-state index contributed by atoms with van der Waals surface area (Å²) in [6.45, 7) is 0.720. The Morgan fingerprint density at radius 1 is 1.07 bits per heavy atom. The van der Waals surface area contributed by atoms with E-state index in [0.717, 1.165) is 10.5 Å². The Hall–Kier alpha value is -1.97. The Bertz CT molecular complexity index is 913. The van der Waals surface area contributed by atoms with E-state index in [1.165, 1.54) is 22.5 Å². The van der Waals surface area contributed by atoms with Gasteiger partial charge in [0.2, 0.25) is 10.0 Å². The molecular formula is C18H18BrFN2O4S. The Morgan fingerprint density at radius 3 is 2.37 bits per heavy atom. The summed E-state index contributed by atoms with van der Waals surface area (Å²) < 4.78 is 46.1. The molecule has 3 rings (SSSR count). The second kappa shape index (κ2) is 8.37. The first-order chi connectivity index (χ1) is 12.9. The Balaban J connectivity index is 1.55. The minimum Gasteiger partial charge on any atom is -0.484 e. The third kappa shape index (κ3) is 4.85. The quantitative estimate of drug-likeness (QED) is 0.692. The average molecular weight is 457 g/mol. The lowest BCUT2D eigenvalue weighted by Crippen LogP contribution is -2.51. The third-order valence-corrected chi connectivity index (χ3v) is 6.62. The molecule has 0 radical (unpaired) electrons. The molecule has 1 heterocycles. The lowest BCUT2D eigenvalue weighted by atomic mass is 10.3. The van der Waals surface area contributed by atoms with E-state index in [0.29, 0.717) is 5.75 Å². The van der Waals surface area contributed by atoms with Crippen LogP contribution in [0.2, 0.25) is 0 Å². The van der Waals surface area contributed by atoms with Crippen LogP contribution in [0.15, 0.2) is 57.9 Å². The molecule has 27 heavy (non-hydrogen) atoms. The molecular weight excluding hydrogens is 439 g/mol. The van der Waals surface area contributed by atoms with Crippen LogP contribution in [-0.2, 0) is 14.8 Å². The highest BCUT2D eigenvalue weighted by Crippen LogP contribution is 2.19. The standard InChI is InChI=1S/C18H18BrFN2O4S/c19-14-4-6-16(7-5-14)26-13-18(23)21-8-10-22(11-9-21)27(24,25)17-3-1-2-15(20)12-17/h1-7,12H,8-11,13H2. The van der Waals surface area contributed by atoms with Crippen LogP contribution in [0, 0.1) is 5.82 Å². The number of halogens is 2. The predicted molar refractivity (Wildman–Crippen MR) is 101 cm³/mol. The fourth-order valence-electron chi connectivity index (χ4n) is 2.72. The van der Waals surface area contributed by atoms with E-state index in [2.05, 4.69) is 15.9 Å². The van der Waals surface area contributed by atoms with Gasteiger partial charge in [-0.05, 0) is 42.5 Å². The van der Waals surface area contributed by atoms with Crippen molar-refractivity contribution in [1.29, 1.82) is 0 Å². The fraction of sp³-hybridized carbons (Fsp3) is 0.278. The van der Waals surface area contributed by atoms with E-state index in [-0.39, 0.29) is 43.6 Å². The lowest BCUT2D eigenvalue weighted by Gasteiger charge is -2.34. The number of hydrogen-bond acceptors (Lipinski definition) is 4. The molecule has 0 spiro atoms. The number of rotatable bonds is 5. The van der Waals surface area contributed by atoms with Crippen LogP contribution in [-0.4, -0.2) is 56.3 Å². The topological polar surface area (TPSA) is 66.9 Å². The SMILES string of the molecule is O=C(COc1ccc(Br)cc1)N1CCN(S(=O)(=O)c2cccc(F)c2)CC1. The third-order valence-electron chi connectivity index (χ3n) is 4.20. The van der Waals surface area contributed by atoms with E-state index in [1.54, 1.807) is 17.0 Å². The molecule has 1 aliphatic rings. The van der Waals surface area contributed by atoms with Crippen LogP contribution in [0.1, 0.15) is 0 Å². The van der Waals surface area contributed by atoms with Gasteiger partial charge in [-0.25, -0.2) is 12.8 Å². The van der Waals surface area contributed by atoms with E-state index < -0.39 is 15.8 Å². The molecule has 0 atom stereocenters. The van der Waals surface area contributed by atoms with E-state index in [1.807, 2.05) is 12.1 Å². The van der Waals surface area contributed by atoms with Gasteiger partial charge in [0.05, 0.1) is 4.90 Å². The highest BCUT2D eigenvalue weighted by molar-refractivity contribution is 9.10. The van der Waals surface area contributed by atoms with Crippen molar-refractivity contribution in [2.75, 3.05) is 32.8 Å². The molecule has 0 N–H and O–H groups in total. The number of nitrogens with zero attached hydrogens (tertiary/aromatic N) is 2. The van der Waals surface area contributed by atoms with Crippen molar-refractivity contribution in [3.63, 3.8) is 0 Å². The highest BCUT2D eigenvalue weighted by Gasteiger charge is 2.30. The number of ether oxygens (including phenoxy) is 1. The molecule has 0 aromatic heterocycles. The molecule has 1 saturated heterocycles. The van der Waals surface area contributed by atoms with Crippen molar-refractivity contribution < 1.29 is 22.3 Å². The van der Waals surface area contributed by atoms with Crippen LogP contribution in [0.4, 0.5) is 4.39 Å². The second-order valence-corrected chi connectivity index (χ2v) is 8.84.